The Morgan fingerprint density at radius 2 is 1.82 bits per heavy atom. The van der Waals surface area contributed by atoms with Crippen molar-refractivity contribution < 1.29 is 9.53 Å². The van der Waals surface area contributed by atoms with Gasteiger partial charge in [-0.25, -0.2) is 0 Å². The molecule has 2 rings (SSSR count). The molecule has 4 nitrogen and oxygen atoms in total. The number of nitrogens with one attached hydrogen (secondary N) is 1. The summed E-state index contributed by atoms with van der Waals surface area (Å²) in [6, 6.07) is 15.6. The van der Waals surface area contributed by atoms with Gasteiger partial charge in [0, 0.05) is 10.7 Å². The molecule has 0 bridgehead atoms. The standard InChI is InChI=1S/C17H13ClN2O2/c1-22-16-8-2-12(3-9-16)10-13(11-19)17(21)20-15-6-4-14(18)5-7-15/h2-10H,1H3,(H,20,21). The van der Waals surface area contributed by atoms with E-state index in [-0.39, 0.29) is 5.57 Å². The first-order valence-corrected chi connectivity index (χ1v) is 6.83. The van der Waals surface area contributed by atoms with Crippen LogP contribution in [0, 0.1) is 11.3 Å². The molecule has 1 amide bonds. The lowest BCUT2D eigenvalue weighted by atomic mass is 10.1. The highest BCUT2D eigenvalue weighted by Crippen LogP contribution is 2.16. The van der Waals surface area contributed by atoms with Crippen molar-refractivity contribution in [2.24, 2.45) is 0 Å². The summed E-state index contributed by atoms with van der Waals surface area (Å²) in [5.41, 5.74) is 1.33. The zero-order chi connectivity index (χ0) is 15.9. The summed E-state index contributed by atoms with van der Waals surface area (Å²) < 4.78 is 5.06. The molecule has 0 heterocycles. The van der Waals surface area contributed by atoms with Crippen molar-refractivity contribution in [2.75, 3.05) is 12.4 Å². The second-order valence-electron chi connectivity index (χ2n) is 4.40. The number of amides is 1. The van der Waals surface area contributed by atoms with Gasteiger partial charge in [0.05, 0.1) is 7.11 Å². The van der Waals surface area contributed by atoms with Gasteiger partial charge in [0.1, 0.15) is 17.4 Å². The quantitative estimate of drug-likeness (QED) is 0.688. The van der Waals surface area contributed by atoms with Gasteiger partial charge >= 0.3 is 0 Å². The smallest absolute Gasteiger partial charge is 0.266 e. The Morgan fingerprint density at radius 3 is 2.36 bits per heavy atom. The van der Waals surface area contributed by atoms with Gasteiger partial charge in [0.25, 0.3) is 5.91 Å². The van der Waals surface area contributed by atoms with Gasteiger partial charge in [-0.05, 0) is 48.0 Å². The molecule has 0 atom stereocenters. The van der Waals surface area contributed by atoms with Gasteiger partial charge in [-0.15, -0.1) is 0 Å². The monoisotopic (exact) mass is 312 g/mol. The van der Waals surface area contributed by atoms with E-state index in [2.05, 4.69) is 5.32 Å². The highest BCUT2D eigenvalue weighted by atomic mass is 35.5. The summed E-state index contributed by atoms with van der Waals surface area (Å²) in [4.78, 5) is 12.1. The number of nitriles is 1. The first-order valence-electron chi connectivity index (χ1n) is 6.45. The molecule has 0 aliphatic rings. The fourth-order valence-corrected chi connectivity index (χ4v) is 1.87. The van der Waals surface area contributed by atoms with Crippen molar-refractivity contribution in [2.45, 2.75) is 0 Å². The number of nitrogens with zero attached hydrogens (tertiary/aromatic N) is 1. The number of hydrogen-bond acceptors (Lipinski definition) is 3. The van der Waals surface area contributed by atoms with E-state index in [0.29, 0.717) is 16.5 Å². The predicted octanol–water partition coefficient (Wildman–Crippen LogP) is 3.89. The number of methoxy groups -OCH3 is 1. The number of carbonyl (C=O) groups is 1. The Hall–Kier alpha value is -2.77. The highest BCUT2D eigenvalue weighted by molar-refractivity contribution is 6.30. The van der Waals surface area contributed by atoms with Gasteiger partial charge in [0.2, 0.25) is 0 Å². The zero-order valence-corrected chi connectivity index (χ0v) is 12.6. The topological polar surface area (TPSA) is 62.1 Å². The summed E-state index contributed by atoms with van der Waals surface area (Å²) in [7, 11) is 1.57. The molecule has 110 valence electrons. The van der Waals surface area contributed by atoms with Crippen LogP contribution in [-0.2, 0) is 4.79 Å². The third kappa shape index (κ3) is 4.11. The SMILES string of the molecule is COc1ccc(C=C(C#N)C(=O)Nc2ccc(Cl)cc2)cc1. The molecule has 0 spiro atoms. The molecule has 0 saturated carbocycles. The number of hydrogen-bond donors (Lipinski definition) is 1. The number of carbonyl (C=O) groups excluding carboxylic acids is 1. The molecule has 1 N–H and O–H groups in total. The van der Waals surface area contributed by atoms with Crippen molar-refractivity contribution in [3.05, 3.63) is 64.7 Å². The van der Waals surface area contributed by atoms with E-state index in [4.69, 9.17) is 21.6 Å². The summed E-state index contributed by atoms with van der Waals surface area (Å²) in [6.07, 6.45) is 1.52. The Kier molecular flexibility index (Phi) is 5.18. The van der Waals surface area contributed by atoms with Gasteiger partial charge in [-0.1, -0.05) is 23.7 Å². The molecular weight excluding hydrogens is 300 g/mol. The van der Waals surface area contributed by atoms with E-state index in [1.165, 1.54) is 6.08 Å². The van der Waals surface area contributed by atoms with Crippen LogP contribution in [0.5, 0.6) is 5.75 Å². The number of ether oxygens (including phenoxy) is 1. The minimum absolute atomic E-state index is 0.0140. The van der Waals surface area contributed by atoms with Gasteiger partial charge < -0.3 is 10.1 Å². The average molecular weight is 313 g/mol. The van der Waals surface area contributed by atoms with Crippen LogP contribution in [0.1, 0.15) is 5.56 Å². The van der Waals surface area contributed by atoms with Crippen molar-refractivity contribution in [1.82, 2.24) is 0 Å². The van der Waals surface area contributed by atoms with E-state index in [1.54, 1.807) is 55.6 Å². The van der Waals surface area contributed by atoms with Crippen LogP contribution >= 0.6 is 11.6 Å². The van der Waals surface area contributed by atoms with Crippen LogP contribution in [0.4, 0.5) is 5.69 Å². The minimum Gasteiger partial charge on any atom is -0.497 e. The van der Waals surface area contributed by atoms with Crippen molar-refractivity contribution in [1.29, 1.82) is 5.26 Å². The highest BCUT2D eigenvalue weighted by Gasteiger charge is 2.09. The van der Waals surface area contributed by atoms with E-state index in [9.17, 15) is 4.79 Å². The van der Waals surface area contributed by atoms with E-state index >= 15 is 0 Å². The number of anilines is 1. The Bertz CT molecular complexity index is 729. The molecule has 2 aromatic carbocycles. The van der Waals surface area contributed by atoms with Crippen LogP contribution in [0.25, 0.3) is 6.08 Å². The molecule has 22 heavy (non-hydrogen) atoms. The van der Waals surface area contributed by atoms with E-state index in [1.807, 2.05) is 6.07 Å². The van der Waals surface area contributed by atoms with E-state index < -0.39 is 5.91 Å². The molecule has 5 heteroatoms. The van der Waals surface area contributed by atoms with Crippen LogP contribution in [0.2, 0.25) is 5.02 Å². The maximum Gasteiger partial charge on any atom is 0.266 e. The third-order valence-corrected chi connectivity index (χ3v) is 3.15. The largest absolute Gasteiger partial charge is 0.497 e. The Balaban J connectivity index is 2.15. The molecule has 0 radical (unpaired) electrons. The summed E-state index contributed by atoms with van der Waals surface area (Å²) in [5, 5.41) is 12.4. The Labute approximate surface area is 133 Å². The second kappa shape index (κ2) is 7.30. The van der Waals surface area contributed by atoms with Crippen LogP contribution in [-0.4, -0.2) is 13.0 Å². The van der Waals surface area contributed by atoms with Gasteiger partial charge in [0.15, 0.2) is 0 Å². The lowest BCUT2D eigenvalue weighted by Crippen LogP contribution is -2.13. The fraction of sp³-hybridized carbons (Fsp3) is 0.0588. The molecule has 2 aromatic rings. The first kappa shape index (κ1) is 15.6. The fourth-order valence-electron chi connectivity index (χ4n) is 1.75. The number of rotatable bonds is 4. The minimum atomic E-state index is -0.472. The van der Waals surface area contributed by atoms with Crippen molar-refractivity contribution in [3.63, 3.8) is 0 Å². The molecule has 0 unspecified atom stereocenters. The normalized spacial score (nSPS) is 10.7. The maximum atomic E-state index is 12.1. The van der Waals surface area contributed by atoms with Crippen molar-refractivity contribution >= 4 is 29.3 Å². The maximum absolute atomic E-state index is 12.1. The predicted molar refractivity (Wildman–Crippen MR) is 86.7 cm³/mol. The van der Waals surface area contributed by atoms with E-state index in [0.717, 1.165) is 5.56 Å². The summed E-state index contributed by atoms with van der Waals surface area (Å²) in [6.45, 7) is 0. The molecule has 0 aliphatic carbocycles. The summed E-state index contributed by atoms with van der Waals surface area (Å²) in [5.74, 6) is 0.238. The third-order valence-electron chi connectivity index (χ3n) is 2.89. The Morgan fingerprint density at radius 1 is 1.18 bits per heavy atom. The lowest BCUT2D eigenvalue weighted by molar-refractivity contribution is -0.112. The molecule has 0 saturated heterocycles. The summed E-state index contributed by atoms with van der Waals surface area (Å²) >= 11 is 5.78. The van der Waals surface area contributed by atoms with Crippen molar-refractivity contribution in [3.8, 4) is 11.8 Å². The number of halogens is 1. The molecule has 0 aliphatic heterocycles. The van der Waals surface area contributed by atoms with Crippen LogP contribution in [0.3, 0.4) is 0 Å². The second-order valence-corrected chi connectivity index (χ2v) is 4.84. The number of benzene rings is 2. The first-order chi connectivity index (χ1) is 10.6. The van der Waals surface area contributed by atoms with Crippen LogP contribution < -0.4 is 10.1 Å². The molecule has 0 aromatic heterocycles. The van der Waals surface area contributed by atoms with Crippen LogP contribution in [0.15, 0.2) is 54.1 Å². The molecular formula is C17H13ClN2O2. The van der Waals surface area contributed by atoms with Gasteiger partial charge in [-0.2, -0.15) is 5.26 Å². The average Bonchev–Trinajstić information content (AvgIpc) is 2.55. The molecule has 0 fully saturated rings. The van der Waals surface area contributed by atoms with Gasteiger partial charge in [-0.3, -0.25) is 4.79 Å². The zero-order valence-electron chi connectivity index (χ0n) is 11.8. The lowest BCUT2D eigenvalue weighted by Gasteiger charge is -2.04.